The summed E-state index contributed by atoms with van der Waals surface area (Å²) in [6.07, 6.45) is -2.69. The Hall–Kier alpha value is -4.65. The van der Waals surface area contributed by atoms with Gasteiger partial charge in [-0.05, 0) is 73.4 Å². The highest BCUT2D eigenvalue weighted by Crippen LogP contribution is 2.35. The molecule has 5 rings (SSSR count). The van der Waals surface area contributed by atoms with Crippen molar-refractivity contribution in [2.24, 2.45) is 4.99 Å². The lowest BCUT2D eigenvalue weighted by molar-refractivity contribution is -0.274. The van der Waals surface area contributed by atoms with Crippen LogP contribution in [0.2, 0.25) is 0 Å². The van der Waals surface area contributed by atoms with E-state index in [1.54, 1.807) is 7.11 Å². The number of rotatable bonds is 8. The highest BCUT2D eigenvalue weighted by Gasteiger charge is 2.33. The molecule has 222 valence electrons. The number of methoxy groups -OCH3 is 1. The van der Waals surface area contributed by atoms with Gasteiger partial charge in [0, 0.05) is 12.0 Å². The first-order chi connectivity index (χ1) is 20.5. The molecule has 0 N–H and O–H groups in total. The fourth-order valence-electron chi connectivity index (χ4n) is 4.61. The van der Waals surface area contributed by atoms with Gasteiger partial charge in [0.15, 0.2) is 11.0 Å². The van der Waals surface area contributed by atoms with Crippen LogP contribution >= 0.6 is 11.8 Å². The van der Waals surface area contributed by atoms with Gasteiger partial charge in [0.1, 0.15) is 17.8 Å². The summed E-state index contributed by atoms with van der Waals surface area (Å²) in [5.74, 6) is 0.536. The van der Waals surface area contributed by atoms with E-state index in [0.29, 0.717) is 34.5 Å². The summed E-state index contributed by atoms with van der Waals surface area (Å²) in [7, 11) is 1.58. The summed E-state index contributed by atoms with van der Waals surface area (Å²) in [5.41, 5.74) is 4.56. The van der Waals surface area contributed by atoms with Gasteiger partial charge in [-0.15, -0.1) is 18.3 Å². The number of hydrogen-bond acceptors (Lipinski definition) is 7. The molecule has 0 bridgehead atoms. The van der Waals surface area contributed by atoms with Gasteiger partial charge in [-0.2, -0.15) is 4.99 Å². The van der Waals surface area contributed by atoms with Crippen LogP contribution in [0.3, 0.4) is 0 Å². The Morgan fingerprint density at radius 2 is 1.70 bits per heavy atom. The topological polar surface area (TPSA) is 98.9 Å². The lowest BCUT2D eigenvalue weighted by Crippen LogP contribution is -2.31. The molecule has 1 fully saturated rings. The fourth-order valence-corrected chi connectivity index (χ4v) is 5.48. The molecule has 9 nitrogen and oxygen atoms in total. The number of halogens is 3. The van der Waals surface area contributed by atoms with Crippen molar-refractivity contribution in [3.63, 3.8) is 0 Å². The molecule has 1 aromatic heterocycles. The van der Waals surface area contributed by atoms with Crippen molar-refractivity contribution in [3.8, 4) is 28.6 Å². The molecule has 4 aromatic rings. The second-order valence-corrected chi connectivity index (χ2v) is 10.6. The SMILES string of the molecule is COc1cc(C)c(N2C(=O)CSC2=NC(=O)CCc2ccc(-c3ncn(-c4ccc(OC(F)(F)F)cc4)n3)cc2)c(C)c1. The van der Waals surface area contributed by atoms with Gasteiger partial charge in [-0.1, -0.05) is 36.0 Å². The number of amidine groups is 1. The molecule has 0 unspecified atom stereocenters. The minimum Gasteiger partial charge on any atom is -0.497 e. The summed E-state index contributed by atoms with van der Waals surface area (Å²) in [5, 5.41) is 4.77. The Bertz CT molecular complexity index is 1660. The van der Waals surface area contributed by atoms with E-state index in [0.717, 1.165) is 22.3 Å². The highest BCUT2D eigenvalue weighted by molar-refractivity contribution is 8.15. The summed E-state index contributed by atoms with van der Waals surface area (Å²) in [6, 6.07) is 16.4. The molecular formula is C30H26F3N5O4S. The number of anilines is 1. The van der Waals surface area contributed by atoms with E-state index < -0.39 is 6.36 Å². The molecule has 43 heavy (non-hydrogen) atoms. The van der Waals surface area contributed by atoms with Crippen molar-refractivity contribution in [3.05, 3.63) is 83.7 Å². The second-order valence-electron chi connectivity index (χ2n) is 9.67. The number of nitrogens with zero attached hydrogens (tertiary/aromatic N) is 5. The Balaban J connectivity index is 1.22. The number of carbonyl (C=O) groups is 2. The number of ether oxygens (including phenoxy) is 2. The predicted octanol–water partition coefficient (Wildman–Crippen LogP) is 6.05. The zero-order chi connectivity index (χ0) is 30.7. The van der Waals surface area contributed by atoms with E-state index in [4.69, 9.17) is 4.74 Å². The molecule has 2 amide bonds. The van der Waals surface area contributed by atoms with Crippen LogP contribution in [0.4, 0.5) is 18.9 Å². The fraction of sp³-hybridized carbons (Fsp3) is 0.233. The Kier molecular flexibility index (Phi) is 8.53. The summed E-state index contributed by atoms with van der Waals surface area (Å²) in [4.78, 5) is 35.6. The number of benzene rings is 3. The van der Waals surface area contributed by atoms with E-state index >= 15 is 0 Å². The van der Waals surface area contributed by atoms with Crippen molar-refractivity contribution in [2.45, 2.75) is 33.1 Å². The van der Waals surface area contributed by atoms with E-state index in [2.05, 4.69) is 19.8 Å². The van der Waals surface area contributed by atoms with E-state index in [9.17, 15) is 22.8 Å². The summed E-state index contributed by atoms with van der Waals surface area (Å²) in [6.45, 7) is 3.77. The third-order valence-corrected chi connectivity index (χ3v) is 7.50. The van der Waals surface area contributed by atoms with Crippen LogP contribution in [0.15, 0.2) is 72.0 Å². The Morgan fingerprint density at radius 3 is 2.33 bits per heavy atom. The van der Waals surface area contributed by atoms with Crippen molar-refractivity contribution < 1.29 is 32.2 Å². The van der Waals surface area contributed by atoms with Crippen LogP contribution < -0.4 is 14.4 Å². The number of hydrogen-bond donors (Lipinski definition) is 0. The normalized spacial score (nSPS) is 14.4. The number of amides is 2. The predicted molar refractivity (Wildman–Crippen MR) is 157 cm³/mol. The van der Waals surface area contributed by atoms with Gasteiger partial charge in [0.25, 0.3) is 0 Å². The van der Waals surface area contributed by atoms with E-state index in [1.807, 2.05) is 50.2 Å². The lowest BCUT2D eigenvalue weighted by Gasteiger charge is -2.21. The molecule has 0 spiro atoms. The number of carbonyl (C=O) groups excluding carboxylic acids is 2. The van der Waals surface area contributed by atoms with Crippen LogP contribution in [-0.4, -0.2) is 51.0 Å². The molecule has 0 saturated carbocycles. The standard InChI is InChI=1S/C30H26F3N5O4S/c1-18-14-24(41-3)15-19(2)27(18)38-26(40)16-43-29(38)35-25(39)13-6-20-4-7-21(8-5-20)28-34-17-37(36-28)22-9-11-23(12-10-22)42-30(31,32)33/h4-5,7-12,14-15,17H,6,13,16H2,1-3H3. The lowest BCUT2D eigenvalue weighted by atomic mass is 10.1. The maximum Gasteiger partial charge on any atom is 0.573 e. The van der Waals surface area contributed by atoms with Gasteiger partial charge in [0.05, 0.1) is 24.2 Å². The quantitative estimate of drug-likeness (QED) is 0.240. The first-order valence-corrected chi connectivity index (χ1v) is 14.1. The van der Waals surface area contributed by atoms with Crippen LogP contribution in [0.1, 0.15) is 23.1 Å². The van der Waals surface area contributed by atoms with Crippen LogP contribution in [0.25, 0.3) is 17.1 Å². The van der Waals surface area contributed by atoms with Crippen molar-refractivity contribution in [2.75, 3.05) is 17.8 Å². The molecule has 0 aliphatic carbocycles. The highest BCUT2D eigenvalue weighted by atomic mass is 32.2. The zero-order valence-corrected chi connectivity index (χ0v) is 24.2. The maximum absolute atomic E-state index is 12.8. The molecule has 3 aromatic carbocycles. The molecule has 1 aliphatic heterocycles. The monoisotopic (exact) mass is 609 g/mol. The molecule has 1 saturated heterocycles. The first kappa shape index (κ1) is 29.8. The Labute approximate surface area is 249 Å². The Morgan fingerprint density at radius 1 is 1.02 bits per heavy atom. The molecule has 0 radical (unpaired) electrons. The molecular weight excluding hydrogens is 583 g/mol. The third kappa shape index (κ3) is 7.05. The van der Waals surface area contributed by atoms with Crippen LogP contribution in [0, 0.1) is 13.8 Å². The zero-order valence-electron chi connectivity index (χ0n) is 23.4. The van der Waals surface area contributed by atoms with Gasteiger partial charge in [0.2, 0.25) is 11.8 Å². The van der Waals surface area contributed by atoms with E-state index in [-0.39, 0.29) is 29.7 Å². The largest absolute Gasteiger partial charge is 0.573 e. The van der Waals surface area contributed by atoms with Crippen molar-refractivity contribution in [1.82, 2.24) is 14.8 Å². The average molecular weight is 610 g/mol. The van der Waals surface area contributed by atoms with Crippen molar-refractivity contribution >= 4 is 34.4 Å². The average Bonchev–Trinajstić information content (AvgIpc) is 3.59. The van der Waals surface area contributed by atoms with Gasteiger partial charge >= 0.3 is 6.36 Å². The van der Waals surface area contributed by atoms with Gasteiger partial charge < -0.3 is 9.47 Å². The number of thioether (sulfide) groups is 1. The number of alkyl halides is 3. The van der Waals surface area contributed by atoms with Crippen molar-refractivity contribution in [1.29, 1.82) is 0 Å². The molecule has 0 atom stereocenters. The summed E-state index contributed by atoms with van der Waals surface area (Å²) >= 11 is 1.24. The van der Waals surface area contributed by atoms with Crippen LogP contribution in [0.5, 0.6) is 11.5 Å². The molecule has 2 heterocycles. The van der Waals surface area contributed by atoms with Crippen LogP contribution in [-0.2, 0) is 16.0 Å². The number of aliphatic imine (C=N–C) groups is 1. The molecule has 13 heteroatoms. The molecule has 1 aliphatic rings. The maximum atomic E-state index is 12.8. The van der Waals surface area contributed by atoms with E-state index in [1.165, 1.54) is 51.9 Å². The number of aryl methyl sites for hydroxylation is 3. The second kappa shape index (κ2) is 12.3. The third-order valence-electron chi connectivity index (χ3n) is 6.58. The minimum atomic E-state index is -4.76. The summed E-state index contributed by atoms with van der Waals surface area (Å²) < 4.78 is 47.8. The van der Waals surface area contributed by atoms with Gasteiger partial charge in [-0.25, -0.2) is 9.67 Å². The van der Waals surface area contributed by atoms with Gasteiger partial charge in [-0.3, -0.25) is 14.5 Å². The smallest absolute Gasteiger partial charge is 0.497 e. The minimum absolute atomic E-state index is 0.132. The first-order valence-electron chi connectivity index (χ1n) is 13.1. The number of aromatic nitrogens is 3.